The van der Waals surface area contributed by atoms with Crippen molar-refractivity contribution >= 4 is 23.3 Å². The van der Waals surface area contributed by atoms with Crippen molar-refractivity contribution in [2.75, 3.05) is 16.8 Å². The lowest BCUT2D eigenvalue weighted by Crippen LogP contribution is -2.39. The second kappa shape index (κ2) is 7.11. The van der Waals surface area contributed by atoms with E-state index >= 15 is 0 Å². The average Bonchev–Trinajstić information content (AvgIpc) is 2.97. The summed E-state index contributed by atoms with van der Waals surface area (Å²) in [5.41, 5.74) is 6.95. The van der Waals surface area contributed by atoms with E-state index in [-0.39, 0.29) is 5.91 Å². The monoisotopic (exact) mass is 289 g/mol. The number of benzene rings is 1. The van der Waals surface area contributed by atoms with E-state index < -0.39 is 6.03 Å². The number of rotatable bonds is 5. The van der Waals surface area contributed by atoms with Crippen LogP contribution in [0.3, 0.4) is 0 Å². The molecule has 1 fully saturated rings. The van der Waals surface area contributed by atoms with Crippen molar-refractivity contribution in [1.82, 2.24) is 0 Å². The summed E-state index contributed by atoms with van der Waals surface area (Å²) < 4.78 is 0. The van der Waals surface area contributed by atoms with Crippen LogP contribution in [0.5, 0.6) is 0 Å². The maximum atomic E-state index is 11.7. The van der Waals surface area contributed by atoms with Crippen LogP contribution in [0.25, 0.3) is 0 Å². The van der Waals surface area contributed by atoms with Gasteiger partial charge in [0.2, 0.25) is 5.91 Å². The van der Waals surface area contributed by atoms with Crippen molar-refractivity contribution < 1.29 is 9.59 Å². The van der Waals surface area contributed by atoms with E-state index in [1.165, 1.54) is 12.8 Å². The van der Waals surface area contributed by atoms with Gasteiger partial charge in [-0.05, 0) is 37.0 Å². The lowest BCUT2D eigenvalue weighted by molar-refractivity contribution is -0.115. The summed E-state index contributed by atoms with van der Waals surface area (Å²) in [6.07, 6.45) is 5.17. The van der Waals surface area contributed by atoms with Crippen LogP contribution in [0, 0.1) is 5.92 Å². The Bertz CT molecular complexity index is 510. The quantitative estimate of drug-likeness (QED) is 0.874. The first-order valence-corrected chi connectivity index (χ1v) is 7.57. The first kappa shape index (κ1) is 15.4. The van der Waals surface area contributed by atoms with Gasteiger partial charge >= 0.3 is 6.03 Å². The van der Waals surface area contributed by atoms with Crippen LogP contribution in [0.15, 0.2) is 24.3 Å². The fraction of sp³-hybridized carbons (Fsp3) is 0.500. The van der Waals surface area contributed by atoms with Gasteiger partial charge < -0.3 is 11.1 Å². The van der Waals surface area contributed by atoms with Crippen LogP contribution in [0.1, 0.15) is 39.0 Å². The van der Waals surface area contributed by atoms with Crippen molar-refractivity contribution in [2.45, 2.75) is 39.0 Å². The highest BCUT2D eigenvalue weighted by Crippen LogP contribution is 2.28. The molecule has 0 saturated heterocycles. The standard InChI is InChI=1S/C16H23N3O2/c1-2-15(20)18-13-8-5-9-14(10-13)19(16(17)21)11-12-6-3-4-7-12/h5,8-10,12H,2-4,6-7,11H2,1H3,(H2,17,21)(H,18,20). The molecule has 5 heteroatoms. The number of amides is 3. The molecule has 114 valence electrons. The average molecular weight is 289 g/mol. The largest absolute Gasteiger partial charge is 0.351 e. The molecule has 1 aromatic carbocycles. The maximum Gasteiger partial charge on any atom is 0.319 e. The van der Waals surface area contributed by atoms with Gasteiger partial charge in [0, 0.05) is 24.3 Å². The van der Waals surface area contributed by atoms with Gasteiger partial charge in [0.25, 0.3) is 0 Å². The molecule has 1 aromatic rings. The van der Waals surface area contributed by atoms with Gasteiger partial charge in [-0.3, -0.25) is 9.69 Å². The van der Waals surface area contributed by atoms with Crippen LogP contribution in [0.4, 0.5) is 16.2 Å². The van der Waals surface area contributed by atoms with Gasteiger partial charge in [0.1, 0.15) is 0 Å². The molecule has 0 aromatic heterocycles. The van der Waals surface area contributed by atoms with Crippen molar-refractivity contribution in [1.29, 1.82) is 0 Å². The number of hydrogen-bond donors (Lipinski definition) is 2. The zero-order valence-electron chi connectivity index (χ0n) is 12.5. The highest BCUT2D eigenvalue weighted by Gasteiger charge is 2.21. The zero-order chi connectivity index (χ0) is 15.2. The van der Waals surface area contributed by atoms with Crippen molar-refractivity contribution in [3.8, 4) is 0 Å². The third kappa shape index (κ3) is 4.21. The van der Waals surface area contributed by atoms with Crippen LogP contribution in [-0.2, 0) is 4.79 Å². The highest BCUT2D eigenvalue weighted by molar-refractivity contribution is 5.94. The molecular formula is C16H23N3O2. The SMILES string of the molecule is CCC(=O)Nc1cccc(N(CC2CCCC2)C(N)=O)c1. The number of primary amides is 1. The second-order valence-electron chi connectivity index (χ2n) is 5.55. The highest BCUT2D eigenvalue weighted by atomic mass is 16.2. The summed E-state index contributed by atoms with van der Waals surface area (Å²) in [5.74, 6) is 0.472. The molecule has 0 radical (unpaired) electrons. The number of anilines is 2. The molecular weight excluding hydrogens is 266 g/mol. The van der Waals surface area contributed by atoms with Gasteiger partial charge in [-0.1, -0.05) is 25.8 Å². The molecule has 0 heterocycles. The van der Waals surface area contributed by atoms with Crippen LogP contribution in [-0.4, -0.2) is 18.5 Å². The molecule has 5 nitrogen and oxygen atoms in total. The Morgan fingerprint density at radius 1 is 1.33 bits per heavy atom. The Hall–Kier alpha value is -2.04. The number of nitrogens with zero attached hydrogens (tertiary/aromatic N) is 1. The molecule has 1 aliphatic carbocycles. The number of carbonyl (C=O) groups excluding carboxylic acids is 2. The van der Waals surface area contributed by atoms with Gasteiger partial charge in [0.15, 0.2) is 0 Å². The molecule has 3 amide bonds. The maximum absolute atomic E-state index is 11.7. The van der Waals surface area contributed by atoms with E-state index in [1.807, 2.05) is 18.2 Å². The second-order valence-corrected chi connectivity index (χ2v) is 5.55. The minimum absolute atomic E-state index is 0.0476. The summed E-state index contributed by atoms with van der Waals surface area (Å²) in [4.78, 5) is 24.8. The van der Waals surface area contributed by atoms with E-state index in [2.05, 4.69) is 5.32 Å². The number of nitrogens with one attached hydrogen (secondary N) is 1. The van der Waals surface area contributed by atoms with E-state index in [4.69, 9.17) is 5.73 Å². The normalized spacial score (nSPS) is 14.9. The molecule has 3 N–H and O–H groups in total. The molecule has 0 atom stereocenters. The molecule has 2 rings (SSSR count). The summed E-state index contributed by atoms with van der Waals surface area (Å²) in [6, 6.07) is 6.84. The number of carbonyl (C=O) groups is 2. The molecule has 1 saturated carbocycles. The zero-order valence-corrected chi connectivity index (χ0v) is 12.5. The lowest BCUT2D eigenvalue weighted by Gasteiger charge is -2.24. The third-order valence-electron chi connectivity index (χ3n) is 3.94. The Kier molecular flexibility index (Phi) is 5.20. The Labute approximate surface area is 125 Å². The minimum Gasteiger partial charge on any atom is -0.351 e. The molecule has 0 spiro atoms. The topological polar surface area (TPSA) is 75.4 Å². The van der Waals surface area contributed by atoms with Crippen LogP contribution >= 0.6 is 0 Å². The fourth-order valence-electron chi connectivity index (χ4n) is 2.77. The smallest absolute Gasteiger partial charge is 0.319 e. The Balaban J connectivity index is 2.13. The Morgan fingerprint density at radius 2 is 2.05 bits per heavy atom. The summed E-state index contributed by atoms with van der Waals surface area (Å²) in [5, 5.41) is 2.80. The summed E-state index contributed by atoms with van der Waals surface area (Å²) >= 11 is 0. The third-order valence-corrected chi connectivity index (χ3v) is 3.94. The van der Waals surface area contributed by atoms with Gasteiger partial charge in [-0.15, -0.1) is 0 Å². The first-order valence-electron chi connectivity index (χ1n) is 7.57. The molecule has 0 aliphatic heterocycles. The molecule has 0 bridgehead atoms. The number of hydrogen-bond acceptors (Lipinski definition) is 2. The van der Waals surface area contributed by atoms with E-state index in [9.17, 15) is 9.59 Å². The van der Waals surface area contributed by atoms with Gasteiger partial charge in [0.05, 0.1) is 0 Å². The predicted molar refractivity (Wildman–Crippen MR) is 84.3 cm³/mol. The van der Waals surface area contributed by atoms with Crippen LogP contribution < -0.4 is 16.0 Å². The summed E-state index contributed by atoms with van der Waals surface area (Å²) in [7, 11) is 0. The number of urea groups is 1. The van der Waals surface area contributed by atoms with Crippen molar-refractivity contribution in [2.24, 2.45) is 11.7 Å². The number of nitrogens with two attached hydrogens (primary N) is 1. The van der Waals surface area contributed by atoms with Crippen molar-refractivity contribution in [3.05, 3.63) is 24.3 Å². The molecule has 1 aliphatic rings. The Morgan fingerprint density at radius 3 is 2.67 bits per heavy atom. The van der Waals surface area contributed by atoms with E-state index in [0.717, 1.165) is 18.5 Å². The van der Waals surface area contributed by atoms with Gasteiger partial charge in [-0.2, -0.15) is 0 Å². The minimum atomic E-state index is -0.444. The first-order chi connectivity index (χ1) is 10.1. The lowest BCUT2D eigenvalue weighted by atomic mass is 10.1. The van der Waals surface area contributed by atoms with Crippen LogP contribution in [0.2, 0.25) is 0 Å². The molecule has 21 heavy (non-hydrogen) atoms. The predicted octanol–water partition coefficient (Wildman–Crippen LogP) is 3.11. The van der Waals surface area contributed by atoms with Crippen molar-refractivity contribution in [3.63, 3.8) is 0 Å². The summed E-state index contributed by atoms with van der Waals surface area (Å²) in [6.45, 7) is 2.45. The molecule has 0 unspecified atom stereocenters. The van der Waals surface area contributed by atoms with E-state index in [1.54, 1.807) is 17.9 Å². The van der Waals surface area contributed by atoms with Gasteiger partial charge in [-0.25, -0.2) is 4.79 Å². The fourth-order valence-corrected chi connectivity index (χ4v) is 2.77. The van der Waals surface area contributed by atoms with E-state index in [0.29, 0.717) is 24.6 Å².